The van der Waals surface area contributed by atoms with Gasteiger partial charge in [-0.05, 0) is 28.8 Å². The van der Waals surface area contributed by atoms with Crippen LogP contribution in [0.2, 0.25) is 10.0 Å². The molecule has 3 aromatic rings. The van der Waals surface area contributed by atoms with Crippen LogP contribution in [0.5, 0.6) is 0 Å². The van der Waals surface area contributed by atoms with Crippen molar-refractivity contribution in [2.24, 2.45) is 0 Å². The maximum atomic E-state index is 13.5. The summed E-state index contributed by atoms with van der Waals surface area (Å²) in [5.74, 6) is -0.395. The van der Waals surface area contributed by atoms with Gasteiger partial charge in [-0.2, -0.15) is 0 Å². The van der Waals surface area contributed by atoms with Gasteiger partial charge >= 0.3 is 0 Å². The lowest BCUT2D eigenvalue weighted by molar-refractivity contribution is -0.140. The Bertz CT molecular complexity index is 1030. The van der Waals surface area contributed by atoms with Gasteiger partial charge in [0.1, 0.15) is 6.04 Å². The zero-order valence-corrected chi connectivity index (χ0v) is 18.7. The van der Waals surface area contributed by atoms with Gasteiger partial charge in [0, 0.05) is 30.1 Å². The summed E-state index contributed by atoms with van der Waals surface area (Å²) in [6.45, 7) is 0.315. The average molecular weight is 455 g/mol. The van der Waals surface area contributed by atoms with E-state index in [4.69, 9.17) is 23.2 Å². The number of amides is 2. The van der Waals surface area contributed by atoms with Gasteiger partial charge in [-0.3, -0.25) is 9.59 Å². The van der Waals surface area contributed by atoms with E-state index >= 15 is 0 Å². The van der Waals surface area contributed by atoms with E-state index in [9.17, 15) is 9.59 Å². The molecule has 1 atom stereocenters. The van der Waals surface area contributed by atoms with E-state index in [-0.39, 0.29) is 18.2 Å². The average Bonchev–Trinajstić information content (AvgIpc) is 2.79. The predicted molar refractivity (Wildman–Crippen MR) is 125 cm³/mol. The predicted octanol–water partition coefficient (Wildman–Crippen LogP) is 4.92. The van der Waals surface area contributed by atoms with Gasteiger partial charge in [-0.15, -0.1) is 0 Å². The first-order valence-electron chi connectivity index (χ1n) is 10.0. The molecule has 0 aliphatic heterocycles. The third-order valence-electron chi connectivity index (χ3n) is 5.07. The number of hydrogen-bond donors (Lipinski definition) is 1. The fourth-order valence-electron chi connectivity index (χ4n) is 3.43. The maximum Gasteiger partial charge on any atom is 0.242 e. The van der Waals surface area contributed by atoms with Gasteiger partial charge < -0.3 is 10.2 Å². The van der Waals surface area contributed by atoms with E-state index in [0.717, 1.165) is 11.1 Å². The Balaban J connectivity index is 1.94. The van der Waals surface area contributed by atoms with Crippen LogP contribution in [0.15, 0.2) is 78.9 Å². The highest BCUT2D eigenvalue weighted by Crippen LogP contribution is 2.23. The number of likely N-dealkylation sites (N-methyl/N-ethyl adjacent to an activating group) is 1. The Morgan fingerprint density at radius 2 is 1.52 bits per heavy atom. The molecule has 2 amide bonds. The third-order valence-corrected chi connectivity index (χ3v) is 5.66. The molecule has 0 saturated carbocycles. The fraction of sp³-hybridized carbons (Fsp3) is 0.200. The summed E-state index contributed by atoms with van der Waals surface area (Å²) >= 11 is 12.3. The number of rotatable bonds is 8. The molecule has 0 spiro atoms. The first kappa shape index (κ1) is 22.9. The molecule has 4 nitrogen and oxygen atoms in total. The van der Waals surface area contributed by atoms with Crippen molar-refractivity contribution >= 4 is 35.0 Å². The van der Waals surface area contributed by atoms with Crippen molar-refractivity contribution in [2.75, 3.05) is 7.05 Å². The lowest BCUT2D eigenvalue weighted by Gasteiger charge is -2.31. The van der Waals surface area contributed by atoms with Gasteiger partial charge in [0.05, 0.1) is 6.42 Å². The van der Waals surface area contributed by atoms with Crippen molar-refractivity contribution in [2.45, 2.75) is 25.4 Å². The van der Waals surface area contributed by atoms with Crippen LogP contribution in [0.25, 0.3) is 0 Å². The van der Waals surface area contributed by atoms with E-state index in [1.165, 1.54) is 0 Å². The van der Waals surface area contributed by atoms with Gasteiger partial charge in [0.25, 0.3) is 0 Å². The first-order valence-corrected chi connectivity index (χ1v) is 10.8. The second kappa shape index (κ2) is 11.0. The van der Waals surface area contributed by atoms with Crippen molar-refractivity contribution in [3.63, 3.8) is 0 Å². The molecule has 3 rings (SSSR count). The van der Waals surface area contributed by atoms with E-state index < -0.39 is 6.04 Å². The minimum Gasteiger partial charge on any atom is -0.357 e. The molecular formula is C25H24Cl2N2O2. The summed E-state index contributed by atoms with van der Waals surface area (Å²) in [6, 6.07) is 23.7. The summed E-state index contributed by atoms with van der Waals surface area (Å²) < 4.78 is 0. The Labute approximate surface area is 192 Å². The molecule has 3 aromatic carbocycles. The van der Waals surface area contributed by atoms with Crippen LogP contribution >= 0.6 is 23.2 Å². The summed E-state index contributed by atoms with van der Waals surface area (Å²) in [5, 5.41) is 3.65. The second-order valence-electron chi connectivity index (χ2n) is 7.24. The normalized spacial score (nSPS) is 11.6. The van der Waals surface area contributed by atoms with Gasteiger partial charge in [0.15, 0.2) is 0 Å². The highest BCUT2D eigenvalue weighted by atomic mass is 35.5. The monoisotopic (exact) mass is 454 g/mol. The van der Waals surface area contributed by atoms with Gasteiger partial charge in [-0.25, -0.2) is 0 Å². The lowest BCUT2D eigenvalue weighted by atomic mass is 10.0. The number of carbonyl (C=O) groups is 2. The molecule has 0 fully saturated rings. The largest absolute Gasteiger partial charge is 0.357 e. The van der Waals surface area contributed by atoms with Gasteiger partial charge in [-0.1, -0.05) is 89.9 Å². The molecule has 0 aromatic heterocycles. The molecule has 0 aliphatic rings. The van der Waals surface area contributed by atoms with Crippen LogP contribution in [0.1, 0.15) is 16.7 Å². The fourth-order valence-corrected chi connectivity index (χ4v) is 3.91. The Morgan fingerprint density at radius 3 is 2.10 bits per heavy atom. The molecule has 0 aliphatic carbocycles. The van der Waals surface area contributed by atoms with Crippen molar-refractivity contribution < 1.29 is 9.59 Å². The van der Waals surface area contributed by atoms with Crippen LogP contribution in [-0.4, -0.2) is 29.8 Å². The van der Waals surface area contributed by atoms with Crippen molar-refractivity contribution in [1.29, 1.82) is 0 Å². The Hall–Kier alpha value is -2.82. The van der Waals surface area contributed by atoms with E-state index in [0.29, 0.717) is 28.6 Å². The van der Waals surface area contributed by atoms with Crippen LogP contribution < -0.4 is 5.32 Å². The van der Waals surface area contributed by atoms with Crippen LogP contribution in [0.3, 0.4) is 0 Å². The van der Waals surface area contributed by atoms with Crippen molar-refractivity contribution in [3.05, 3.63) is 106 Å². The molecule has 1 unspecified atom stereocenters. The van der Waals surface area contributed by atoms with Crippen LogP contribution in [0, 0.1) is 0 Å². The minimum absolute atomic E-state index is 0.0745. The number of halogens is 2. The molecule has 160 valence electrons. The second-order valence-corrected chi connectivity index (χ2v) is 8.08. The van der Waals surface area contributed by atoms with Gasteiger partial charge in [0.2, 0.25) is 11.8 Å². The standard InChI is InChI=1S/C25H24Cl2N2O2/c1-28-25(31)23(14-18-8-4-2-5-9-18)29(17-19-10-6-3-7-11-19)24(30)15-20-12-13-21(26)16-22(20)27/h2-13,16,23H,14-15,17H2,1H3,(H,28,31). The smallest absolute Gasteiger partial charge is 0.242 e. The Kier molecular flexibility index (Phi) is 8.10. The number of hydrogen-bond acceptors (Lipinski definition) is 2. The molecule has 0 saturated heterocycles. The number of nitrogens with zero attached hydrogens (tertiary/aromatic N) is 1. The molecule has 0 bridgehead atoms. The maximum absolute atomic E-state index is 13.5. The molecule has 31 heavy (non-hydrogen) atoms. The summed E-state index contributed by atoms with van der Waals surface area (Å²) in [6.07, 6.45) is 0.485. The van der Waals surface area contributed by atoms with Crippen molar-refractivity contribution in [3.8, 4) is 0 Å². The number of carbonyl (C=O) groups excluding carboxylic acids is 2. The molecule has 0 heterocycles. The highest BCUT2D eigenvalue weighted by molar-refractivity contribution is 6.35. The van der Waals surface area contributed by atoms with Crippen molar-refractivity contribution in [1.82, 2.24) is 10.2 Å². The summed E-state index contributed by atoms with van der Waals surface area (Å²) in [4.78, 5) is 28.0. The number of nitrogens with one attached hydrogen (secondary N) is 1. The SMILES string of the molecule is CNC(=O)C(Cc1ccccc1)N(Cc1ccccc1)C(=O)Cc1ccc(Cl)cc1Cl. The lowest BCUT2D eigenvalue weighted by Crippen LogP contribution is -2.50. The molecule has 0 radical (unpaired) electrons. The van der Waals surface area contributed by atoms with E-state index in [1.54, 1.807) is 30.1 Å². The quantitative estimate of drug-likeness (QED) is 0.524. The van der Waals surface area contributed by atoms with E-state index in [2.05, 4.69) is 5.32 Å². The molecule has 1 N–H and O–H groups in total. The first-order chi connectivity index (χ1) is 15.0. The van der Waals surface area contributed by atoms with Crippen LogP contribution in [0.4, 0.5) is 0 Å². The van der Waals surface area contributed by atoms with Crippen LogP contribution in [-0.2, 0) is 29.0 Å². The highest BCUT2D eigenvalue weighted by Gasteiger charge is 2.30. The number of benzene rings is 3. The van der Waals surface area contributed by atoms with E-state index in [1.807, 2.05) is 60.7 Å². The zero-order chi connectivity index (χ0) is 22.2. The third kappa shape index (κ3) is 6.33. The Morgan fingerprint density at radius 1 is 0.903 bits per heavy atom. The minimum atomic E-state index is -0.661. The summed E-state index contributed by atoms with van der Waals surface area (Å²) in [7, 11) is 1.58. The summed E-state index contributed by atoms with van der Waals surface area (Å²) in [5.41, 5.74) is 2.59. The molecular weight excluding hydrogens is 431 g/mol. The molecule has 6 heteroatoms. The zero-order valence-electron chi connectivity index (χ0n) is 17.2. The topological polar surface area (TPSA) is 49.4 Å².